The van der Waals surface area contributed by atoms with Gasteiger partial charge in [-0.3, -0.25) is 14.4 Å². The van der Waals surface area contributed by atoms with Crippen molar-refractivity contribution in [1.29, 1.82) is 0 Å². The molecule has 1 saturated carbocycles. The minimum absolute atomic E-state index is 0.0894. The number of aromatic nitrogens is 1. The highest BCUT2D eigenvalue weighted by Gasteiger charge is 2.54. The fourth-order valence-corrected chi connectivity index (χ4v) is 5.30. The number of hydrogen-bond acceptors (Lipinski definition) is 6. The van der Waals surface area contributed by atoms with Crippen LogP contribution in [0.4, 0.5) is 5.69 Å². The van der Waals surface area contributed by atoms with Gasteiger partial charge in [-0.15, -0.1) is 0 Å². The van der Waals surface area contributed by atoms with Gasteiger partial charge in [-0.05, 0) is 55.2 Å². The first-order valence-corrected chi connectivity index (χ1v) is 11.6. The lowest BCUT2D eigenvalue weighted by Gasteiger charge is -2.35. The highest BCUT2D eigenvalue weighted by atomic mass is 16.5. The molecule has 1 saturated heterocycles. The Hall–Kier alpha value is -3.74. The molecular weight excluding hydrogens is 432 g/mol. The van der Waals surface area contributed by atoms with E-state index in [9.17, 15) is 14.4 Å². The van der Waals surface area contributed by atoms with Gasteiger partial charge in [0.2, 0.25) is 5.78 Å². The summed E-state index contributed by atoms with van der Waals surface area (Å²) in [5.74, 6) is -1.85. The van der Waals surface area contributed by atoms with E-state index in [2.05, 4.69) is 4.98 Å². The molecule has 3 aromatic rings. The molecule has 7 nitrogen and oxygen atoms in total. The predicted molar refractivity (Wildman–Crippen MR) is 126 cm³/mol. The van der Waals surface area contributed by atoms with E-state index >= 15 is 0 Å². The van der Waals surface area contributed by atoms with Crippen LogP contribution in [0.15, 0.2) is 65.6 Å². The molecular formula is C27H26N2O5. The second-order valence-corrected chi connectivity index (χ2v) is 8.92. The number of carbonyl (C=O) groups excluding carboxylic acids is 3. The van der Waals surface area contributed by atoms with Crippen molar-refractivity contribution >= 4 is 23.2 Å². The van der Waals surface area contributed by atoms with E-state index in [4.69, 9.17) is 9.15 Å². The van der Waals surface area contributed by atoms with Crippen LogP contribution in [0, 0.1) is 11.8 Å². The number of ketones is 2. The van der Waals surface area contributed by atoms with Crippen LogP contribution < -0.4 is 9.64 Å². The number of nitrogens with zero attached hydrogens (tertiary/aromatic N) is 2. The first kappa shape index (κ1) is 22.1. The monoisotopic (exact) mass is 458 g/mol. The number of Topliss-reactive ketones (excluding diaryl/α,β-unsaturated/α-hetero) is 2. The predicted octanol–water partition coefficient (Wildman–Crippen LogP) is 4.71. The highest BCUT2D eigenvalue weighted by Crippen LogP contribution is 2.41. The van der Waals surface area contributed by atoms with E-state index in [-0.39, 0.29) is 11.7 Å². The zero-order valence-electron chi connectivity index (χ0n) is 19.0. The Balaban J connectivity index is 1.52. The number of ether oxygens (including phenoxy) is 1. The second-order valence-electron chi connectivity index (χ2n) is 8.92. The number of amides is 1. The number of carbonyl (C=O) groups is 3. The molecule has 1 aliphatic heterocycles. The van der Waals surface area contributed by atoms with Gasteiger partial charge in [-0.25, -0.2) is 4.98 Å². The zero-order chi connectivity index (χ0) is 23.7. The number of methoxy groups -OCH3 is 1. The number of rotatable bonds is 6. The molecule has 2 heterocycles. The number of hydrogen-bond donors (Lipinski definition) is 0. The molecule has 2 atom stereocenters. The standard InChI is InChI=1S/C27H26N2O5/c1-33-21-13-9-19(10-14-21)25(30)23-24(18-5-3-2-4-6-18)29(27(32)26(23)31)20-11-7-17(8-12-20)22-15-34-16-28-22/h7-16,18,23-24H,2-6H2,1H3. The summed E-state index contributed by atoms with van der Waals surface area (Å²) < 4.78 is 10.2. The van der Waals surface area contributed by atoms with E-state index in [1.165, 1.54) is 6.39 Å². The summed E-state index contributed by atoms with van der Waals surface area (Å²) in [5, 5.41) is 0. The first-order valence-electron chi connectivity index (χ1n) is 11.6. The maximum absolute atomic E-state index is 13.6. The summed E-state index contributed by atoms with van der Waals surface area (Å²) in [4.78, 5) is 45.9. The molecule has 1 aliphatic carbocycles. The topological polar surface area (TPSA) is 89.7 Å². The fourth-order valence-electron chi connectivity index (χ4n) is 5.30. The number of anilines is 1. The lowest BCUT2D eigenvalue weighted by molar-refractivity contribution is -0.135. The molecule has 2 fully saturated rings. The Morgan fingerprint density at radius 3 is 2.32 bits per heavy atom. The quantitative estimate of drug-likeness (QED) is 0.302. The van der Waals surface area contributed by atoms with Crippen molar-refractivity contribution in [3.05, 3.63) is 66.8 Å². The molecule has 5 rings (SSSR count). The van der Waals surface area contributed by atoms with Gasteiger partial charge >= 0.3 is 0 Å². The van der Waals surface area contributed by atoms with Crippen LogP contribution in [-0.4, -0.2) is 35.6 Å². The third-order valence-corrected chi connectivity index (χ3v) is 7.02. The lowest BCUT2D eigenvalue weighted by atomic mass is 9.76. The molecule has 1 amide bonds. The molecule has 0 bridgehead atoms. The minimum atomic E-state index is -1.01. The first-order chi connectivity index (χ1) is 16.6. The van der Waals surface area contributed by atoms with Gasteiger partial charge in [-0.2, -0.15) is 0 Å². The van der Waals surface area contributed by atoms with E-state index in [1.54, 1.807) is 42.5 Å². The number of benzene rings is 2. The summed E-state index contributed by atoms with van der Waals surface area (Å²) in [6.45, 7) is 0. The van der Waals surface area contributed by atoms with Gasteiger partial charge in [-0.1, -0.05) is 31.4 Å². The molecule has 2 aromatic carbocycles. The normalized spacial score (nSPS) is 21.1. The lowest BCUT2D eigenvalue weighted by Crippen LogP contribution is -2.43. The Morgan fingerprint density at radius 2 is 1.71 bits per heavy atom. The van der Waals surface area contributed by atoms with E-state index in [1.807, 2.05) is 24.3 Å². The summed E-state index contributed by atoms with van der Waals surface area (Å²) in [6.07, 6.45) is 7.90. The Labute approximate surface area is 197 Å². The van der Waals surface area contributed by atoms with Crippen LogP contribution in [-0.2, 0) is 9.59 Å². The minimum Gasteiger partial charge on any atom is -0.497 e. The average Bonchev–Trinajstić information content (AvgIpc) is 3.52. The highest BCUT2D eigenvalue weighted by molar-refractivity contribution is 6.49. The molecule has 34 heavy (non-hydrogen) atoms. The third-order valence-electron chi connectivity index (χ3n) is 7.02. The Bertz CT molecular complexity index is 1180. The molecule has 0 N–H and O–H groups in total. The van der Waals surface area contributed by atoms with Crippen molar-refractivity contribution < 1.29 is 23.5 Å². The smallest absolute Gasteiger partial charge is 0.295 e. The van der Waals surface area contributed by atoms with Crippen molar-refractivity contribution in [1.82, 2.24) is 4.98 Å². The Morgan fingerprint density at radius 1 is 1.00 bits per heavy atom. The van der Waals surface area contributed by atoms with E-state index in [0.29, 0.717) is 22.7 Å². The van der Waals surface area contributed by atoms with Gasteiger partial charge in [0.15, 0.2) is 12.2 Å². The van der Waals surface area contributed by atoms with Gasteiger partial charge in [0.25, 0.3) is 5.91 Å². The summed E-state index contributed by atoms with van der Waals surface area (Å²) in [7, 11) is 1.56. The van der Waals surface area contributed by atoms with Gasteiger partial charge < -0.3 is 14.1 Å². The van der Waals surface area contributed by atoms with Crippen molar-refractivity contribution in [2.24, 2.45) is 11.8 Å². The Kier molecular flexibility index (Phi) is 6.01. The van der Waals surface area contributed by atoms with E-state index in [0.717, 1.165) is 37.7 Å². The third kappa shape index (κ3) is 3.91. The molecule has 0 radical (unpaired) electrons. The zero-order valence-corrected chi connectivity index (χ0v) is 19.0. The largest absolute Gasteiger partial charge is 0.497 e. The molecule has 7 heteroatoms. The van der Waals surface area contributed by atoms with Crippen molar-refractivity contribution in [2.75, 3.05) is 12.0 Å². The molecule has 1 aromatic heterocycles. The van der Waals surface area contributed by atoms with Crippen LogP contribution in [0.25, 0.3) is 11.3 Å². The van der Waals surface area contributed by atoms with Gasteiger partial charge in [0, 0.05) is 16.8 Å². The second kappa shape index (κ2) is 9.25. The van der Waals surface area contributed by atoms with Crippen LogP contribution in [0.1, 0.15) is 42.5 Å². The van der Waals surface area contributed by atoms with Crippen molar-refractivity contribution in [3.8, 4) is 17.0 Å². The maximum Gasteiger partial charge on any atom is 0.295 e. The fraction of sp³-hybridized carbons (Fsp3) is 0.333. The molecule has 0 spiro atoms. The van der Waals surface area contributed by atoms with Crippen LogP contribution in [0.2, 0.25) is 0 Å². The van der Waals surface area contributed by atoms with Gasteiger partial charge in [0.05, 0.1) is 13.2 Å². The van der Waals surface area contributed by atoms with Crippen LogP contribution in [0.3, 0.4) is 0 Å². The van der Waals surface area contributed by atoms with Crippen LogP contribution >= 0.6 is 0 Å². The van der Waals surface area contributed by atoms with Crippen molar-refractivity contribution in [2.45, 2.75) is 38.1 Å². The van der Waals surface area contributed by atoms with Gasteiger partial charge in [0.1, 0.15) is 23.6 Å². The van der Waals surface area contributed by atoms with Crippen molar-refractivity contribution in [3.63, 3.8) is 0 Å². The van der Waals surface area contributed by atoms with E-state index < -0.39 is 23.7 Å². The maximum atomic E-state index is 13.6. The molecule has 2 unspecified atom stereocenters. The molecule has 174 valence electrons. The average molecular weight is 459 g/mol. The van der Waals surface area contributed by atoms with Crippen LogP contribution in [0.5, 0.6) is 5.75 Å². The summed E-state index contributed by atoms with van der Waals surface area (Å²) in [6, 6.07) is 13.5. The number of oxazole rings is 1. The summed E-state index contributed by atoms with van der Waals surface area (Å²) >= 11 is 0. The SMILES string of the molecule is COc1ccc(C(=O)C2C(=O)C(=O)N(c3ccc(-c4cocn4)cc3)C2C2CCCCC2)cc1. The molecule has 2 aliphatic rings. The summed E-state index contributed by atoms with van der Waals surface area (Å²) in [5.41, 5.74) is 2.56.